The Labute approximate surface area is 195 Å². The summed E-state index contributed by atoms with van der Waals surface area (Å²) in [6.45, 7) is 7.69. The number of halogens is 2. The lowest BCUT2D eigenvalue weighted by Gasteiger charge is -2.22. The lowest BCUT2D eigenvalue weighted by molar-refractivity contribution is 0.118. The van der Waals surface area contributed by atoms with Crippen LogP contribution in [0, 0.1) is 0 Å². The number of aromatic nitrogens is 1. The fraction of sp³-hybridized carbons (Fsp3) is 0.296. The van der Waals surface area contributed by atoms with Crippen molar-refractivity contribution in [2.24, 2.45) is 0 Å². The minimum atomic E-state index is -0.793. The van der Waals surface area contributed by atoms with Gasteiger partial charge in [0.05, 0.1) is 22.2 Å². The van der Waals surface area contributed by atoms with Gasteiger partial charge in [-0.2, -0.15) is 0 Å². The number of fused-ring (bicyclic) bond motifs is 1. The van der Waals surface area contributed by atoms with E-state index >= 15 is 0 Å². The summed E-state index contributed by atoms with van der Waals surface area (Å²) in [6.07, 6.45) is 5.73. The fourth-order valence-corrected chi connectivity index (χ4v) is 3.87. The molecule has 0 aliphatic heterocycles. The zero-order valence-corrected chi connectivity index (χ0v) is 20.0. The first-order valence-corrected chi connectivity index (χ1v) is 11.3. The molecular formula is C27H29Cl2NO. The molecule has 1 heterocycles. The van der Waals surface area contributed by atoms with Crippen LogP contribution in [0.15, 0.2) is 65.7 Å². The second-order valence-electron chi connectivity index (χ2n) is 8.55. The Hall–Kier alpha value is -2.13. The van der Waals surface area contributed by atoms with Gasteiger partial charge in [-0.3, -0.25) is 0 Å². The number of benzene rings is 2. The van der Waals surface area contributed by atoms with Crippen LogP contribution in [-0.2, 0) is 0 Å². The molecule has 0 saturated heterocycles. The first-order valence-electron chi connectivity index (χ1n) is 10.5. The zero-order valence-electron chi connectivity index (χ0n) is 18.5. The van der Waals surface area contributed by atoms with Crippen LogP contribution in [0.1, 0.15) is 62.7 Å². The molecule has 0 amide bonds. The normalized spacial score (nSPS) is 14.2. The van der Waals surface area contributed by atoms with Crippen molar-refractivity contribution >= 4 is 46.3 Å². The molecule has 0 aliphatic rings. The van der Waals surface area contributed by atoms with Crippen molar-refractivity contribution in [1.29, 1.82) is 0 Å². The van der Waals surface area contributed by atoms with Crippen LogP contribution in [0.2, 0.25) is 5.02 Å². The Morgan fingerprint density at radius 2 is 1.81 bits per heavy atom. The molecule has 0 saturated carbocycles. The number of allylic oxidation sites excluding steroid dienone is 1. The van der Waals surface area contributed by atoms with Crippen molar-refractivity contribution in [2.45, 2.75) is 51.5 Å². The van der Waals surface area contributed by atoms with Gasteiger partial charge in [0.2, 0.25) is 0 Å². The number of hydrogen-bond donors (Lipinski definition) is 1. The highest BCUT2D eigenvalue weighted by Crippen LogP contribution is 2.30. The number of rotatable bonds is 7. The minimum absolute atomic E-state index is 0.0844. The average molecular weight is 454 g/mol. The molecule has 0 aliphatic carbocycles. The average Bonchev–Trinajstić information content (AvgIpc) is 2.74. The Balaban J connectivity index is 1.71. The second kappa shape index (κ2) is 9.99. The second-order valence-corrected chi connectivity index (χ2v) is 9.51. The summed E-state index contributed by atoms with van der Waals surface area (Å²) in [4.78, 5) is 4.67. The van der Waals surface area contributed by atoms with E-state index < -0.39 is 5.60 Å². The molecule has 31 heavy (non-hydrogen) atoms. The smallest absolute Gasteiger partial charge is 0.0800 e. The highest BCUT2D eigenvalue weighted by atomic mass is 35.5. The SMILES string of the molecule is C/C(CC[C@H](Cl)c1cccc(/C=C/c2ccc3ccc(Cl)cc3n2)c1)=C(\C)C(C)(C)O. The topological polar surface area (TPSA) is 33.1 Å². The van der Waals surface area contributed by atoms with E-state index in [0.717, 1.165) is 46.1 Å². The monoisotopic (exact) mass is 453 g/mol. The third-order valence-electron chi connectivity index (χ3n) is 5.73. The van der Waals surface area contributed by atoms with E-state index in [0.29, 0.717) is 5.02 Å². The predicted octanol–water partition coefficient (Wildman–Crippen LogP) is 8.23. The Bertz CT molecular complexity index is 1130. The highest BCUT2D eigenvalue weighted by molar-refractivity contribution is 6.31. The molecular weight excluding hydrogens is 425 g/mol. The van der Waals surface area contributed by atoms with Crippen molar-refractivity contribution in [3.05, 3.63) is 87.6 Å². The third kappa shape index (κ3) is 6.43. The van der Waals surface area contributed by atoms with Crippen LogP contribution in [0.4, 0.5) is 0 Å². The summed E-state index contributed by atoms with van der Waals surface area (Å²) in [5, 5.41) is 11.9. The maximum absolute atomic E-state index is 10.2. The number of alkyl halides is 1. The first-order chi connectivity index (χ1) is 14.6. The van der Waals surface area contributed by atoms with E-state index in [4.69, 9.17) is 23.2 Å². The van der Waals surface area contributed by atoms with Gasteiger partial charge >= 0.3 is 0 Å². The molecule has 0 radical (unpaired) electrons. The minimum Gasteiger partial charge on any atom is -0.386 e. The van der Waals surface area contributed by atoms with Gasteiger partial charge in [0, 0.05) is 10.4 Å². The Morgan fingerprint density at radius 3 is 2.55 bits per heavy atom. The molecule has 1 aromatic heterocycles. The maximum atomic E-state index is 10.2. The van der Waals surface area contributed by atoms with Crippen LogP contribution in [0.25, 0.3) is 23.1 Å². The van der Waals surface area contributed by atoms with Crippen molar-refractivity contribution in [2.75, 3.05) is 0 Å². The van der Waals surface area contributed by atoms with Crippen molar-refractivity contribution in [1.82, 2.24) is 4.98 Å². The quantitative estimate of drug-likeness (QED) is 0.288. The van der Waals surface area contributed by atoms with Gasteiger partial charge in [-0.05, 0) is 81.5 Å². The summed E-state index contributed by atoms with van der Waals surface area (Å²) < 4.78 is 0. The van der Waals surface area contributed by atoms with Gasteiger partial charge in [0.25, 0.3) is 0 Å². The standard InChI is InChI=1S/C27H29Cl2NO/c1-18(19(2)27(3,4)31)8-15-25(29)22-7-5-6-20(16-22)9-13-24-14-11-21-10-12-23(28)17-26(21)30-24/h5-7,9-14,16-17,25,31H,8,15H2,1-4H3/b13-9+,19-18-/t25-/m0/s1. The number of nitrogens with zero attached hydrogens (tertiary/aromatic N) is 1. The number of pyridine rings is 1. The van der Waals surface area contributed by atoms with Gasteiger partial charge in [-0.15, -0.1) is 11.6 Å². The number of hydrogen-bond acceptors (Lipinski definition) is 2. The fourth-order valence-electron chi connectivity index (χ4n) is 3.46. The summed E-state index contributed by atoms with van der Waals surface area (Å²) in [5.74, 6) is 0. The number of aliphatic hydroxyl groups is 1. The molecule has 3 aromatic rings. The van der Waals surface area contributed by atoms with Crippen molar-refractivity contribution in [3.63, 3.8) is 0 Å². The largest absolute Gasteiger partial charge is 0.386 e. The third-order valence-corrected chi connectivity index (χ3v) is 6.43. The van der Waals surface area contributed by atoms with Gasteiger partial charge in [-0.1, -0.05) is 59.6 Å². The summed E-state index contributed by atoms with van der Waals surface area (Å²) >= 11 is 12.8. The maximum Gasteiger partial charge on any atom is 0.0800 e. The zero-order chi connectivity index (χ0) is 22.6. The first kappa shape index (κ1) is 23.5. The molecule has 2 aromatic carbocycles. The van der Waals surface area contributed by atoms with Gasteiger partial charge in [0.1, 0.15) is 0 Å². The molecule has 162 valence electrons. The van der Waals surface area contributed by atoms with Gasteiger partial charge in [-0.25, -0.2) is 4.98 Å². The Morgan fingerprint density at radius 1 is 1.06 bits per heavy atom. The van der Waals surface area contributed by atoms with E-state index in [1.807, 2.05) is 57.2 Å². The van der Waals surface area contributed by atoms with Gasteiger partial charge in [0.15, 0.2) is 0 Å². The molecule has 0 bridgehead atoms. The molecule has 0 spiro atoms. The van der Waals surface area contributed by atoms with Crippen LogP contribution in [-0.4, -0.2) is 15.7 Å². The molecule has 4 heteroatoms. The van der Waals surface area contributed by atoms with E-state index in [1.165, 1.54) is 5.57 Å². The van der Waals surface area contributed by atoms with E-state index in [-0.39, 0.29) is 5.38 Å². The molecule has 0 unspecified atom stereocenters. The predicted molar refractivity (Wildman–Crippen MR) is 135 cm³/mol. The van der Waals surface area contributed by atoms with E-state index in [9.17, 15) is 5.11 Å². The lowest BCUT2D eigenvalue weighted by Crippen LogP contribution is -2.21. The molecule has 1 atom stereocenters. The van der Waals surface area contributed by atoms with Crippen LogP contribution in [0.3, 0.4) is 0 Å². The molecule has 0 fully saturated rings. The highest BCUT2D eigenvalue weighted by Gasteiger charge is 2.18. The lowest BCUT2D eigenvalue weighted by atomic mass is 9.92. The van der Waals surface area contributed by atoms with Crippen LogP contribution in [0.5, 0.6) is 0 Å². The summed E-state index contributed by atoms with van der Waals surface area (Å²) in [7, 11) is 0. The summed E-state index contributed by atoms with van der Waals surface area (Å²) in [6, 6.07) is 18.1. The molecule has 1 N–H and O–H groups in total. The van der Waals surface area contributed by atoms with Crippen LogP contribution >= 0.6 is 23.2 Å². The van der Waals surface area contributed by atoms with E-state index in [2.05, 4.69) is 42.2 Å². The summed E-state index contributed by atoms with van der Waals surface area (Å²) in [5.41, 5.74) is 5.35. The van der Waals surface area contributed by atoms with Crippen molar-refractivity contribution in [3.8, 4) is 0 Å². The van der Waals surface area contributed by atoms with Gasteiger partial charge < -0.3 is 5.11 Å². The van der Waals surface area contributed by atoms with Crippen molar-refractivity contribution < 1.29 is 5.11 Å². The molecule has 2 nitrogen and oxygen atoms in total. The Kier molecular flexibility index (Phi) is 7.59. The van der Waals surface area contributed by atoms with E-state index in [1.54, 1.807) is 0 Å². The van der Waals surface area contributed by atoms with Crippen LogP contribution < -0.4 is 0 Å². The molecule has 3 rings (SSSR count).